The average Bonchev–Trinajstić information content (AvgIpc) is 2.59. The van der Waals surface area contributed by atoms with E-state index in [4.69, 9.17) is 0 Å². The van der Waals surface area contributed by atoms with Gasteiger partial charge in [-0.25, -0.2) is 14.2 Å². The number of rotatable bonds is 1. The Labute approximate surface area is 85.3 Å². The molecular formula is C10H9FN2O2. The Kier molecular flexibility index (Phi) is 2.15. The third kappa shape index (κ3) is 1.45. The van der Waals surface area contributed by atoms with Gasteiger partial charge < -0.3 is 9.30 Å². The number of aromatic nitrogens is 2. The second-order valence-electron chi connectivity index (χ2n) is 3.17. The van der Waals surface area contributed by atoms with Crippen molar-refractivity contribution in [2.45, 2.75) is 0 Å². The Morgan fingerprint density at radius 3 is 2.93 bits per heavy atom. The summed E-state index contributed by atoms with van der Waals surface area (Å²) in [5.41, 5.74) is 0.988. The fourth-order valence-corrected chi connectivity index (χ4v) is 1.47. The molecule has 1 heterocycles. The van der Waals surface area contributed by atoms with Gasteiger partial charge in [-0.1, -0.05) is 0 Å². The maximum Gasteiger partial charge on any atom is 0.338 e. The first-order chi connectivity index (χ1) is 7.13. The largest absolute Gasteiger partial charge is 0.465 e. The molecule has 0 spiro atoms. The van der Waals surface area contributed by atoms with Crippen LogP contribution in [0.4, 0.5) is 4.39 Å². The molecule has 1 aromatic heterocycles. The Bertz CT molecular complexity index is 533. The van der Waals surface area contributed by atoms with E-state index in [1.807, 2.05) is 0 Å². The van der Waals surface area contributed by atoms with Gasteiger partial charge in [0.25, 0.3) is 0 Å². The zero-order valence-electron chi connectivity index (χ0n) is 8.32. The number of hydrogen-bond acceptors (Lipinski definition) is 3. The molecule has 0 radical (unpaired) electrons. The van der Waals surface area contributed by atoms with E-state index in [1.165, 1.54) is 19.5 Å². The smallest absolute Gasteiger partial charge is 0.338 e. The molecule has 0 atom stereocenters. The number of halogens is 1. The quantitative estimate of drug-likeness (QED) is 0.667. The normalized spacial score (nSPS) is 10.6. The summed E-state index contributed by atoms with van der Waals surface area (Å²) in [4.78, 5) is 15.2. The Hall–Kier alpha value is -1.91. The maximum absolute atomic E-state index is 13.6. The molecule has 0 unspecified atom stereocenters. The lowest BCUT2D eigenvalue weighted by Gasteiger charge is -2.01. The Morgan fingerprint density at radius 1 is 1.53 bits per heavy atom. The summed E-state index contributed by atoms with van der Waals surface area (Å²) in [5, 5.41) is 0. The maximum atomic E-state index is 13.6. The van der Waals surface area contributed by atoms with Gasteiger partial charge in [0, 0.05) is 7.05 Å². The van der Waals surface area contributed by atoms with Crippen molar-refractivity contribution >= 4 is 17.0 Å². The molecule has 0 amide bonds. The standard InChI is InChI=1S/C10H9FN2O2/c1-13-5-12-8-4-6(10(14)15-2)3-7(11)9(8)13/h3-5H,1-2H3. The van der Waals surface area contributed by atoms with Crippen molar-refractivity contribution in [2.24, 2.45) is 7.05 Å². The number of hydrogen-bond donors (Lipinski definition) is 0. The summed E-state index contributed by atoms with van der Waals surface area (Å²) in [6.45, 7) is 0. The van der Waals surface area contributed by atoms with Crippen LogP contribution < -0.4 is 0 Å². The topological polar surface area (TPSA) is 44.1 Å². The van der Waals surface area contributed by atoms with Gasteiger partial charge in [-0.05, 0) is 12.1 Å². The highest BCUT2D eigenvalue weighted by molar-refractivity contribution is 5.93. The molecule has 0 bridgehead atoms. The fraction of sp³-hybridized carbons (Fsp3) is 0.200. The minimum atomic E-state index is -0.568. The molecule has 0 saturated heterocycles. The Balaban J connectivity index is 2.68. The average molecular weight is 208 g/mol. The summed E-state index contributed by atoms with van der Waals surface area (Å²) in [6, 6.07) is 2.65. The first-order valence-electron chi connectivity index (χ1n) is 4.32. The summed E-state index contributed by atoms with van der Waals surface area (Å²) in [7, 11) is 2.94. The van der Waals surface area contributed by atoms with Crippen LogP contribution in [0.25, 0.3) is 11.0 Å². The first kappa shape index (κ1) is 9.64. The minimum Gasteiger partial charge on any atom is -0.465 e. The summed E-state index contributed by atoms with van der Waals surface area (Å²) in [6.07, 6.45) is 1.49. The van der Waals surface area contributed by atoms with Crippen molar-refractivity contribution in [1.82, 2.24) is 9.55 Å². The number of methoxy groups -OCH3 is 1. The number of imidazole rings is 1. The van der Waals surface area contributed by atoms with Crippen molar-refractivity contribution in [1.29, 1.82) is 0 Å². The number of carbonyl (C=O) groups is 1. The van der Waals surface area contributed by atoms with Crippen LogP contribution in [0.3, 0.4) is 0 Å². The summed E-state index contributed by atoms with van der Waals surface area (Å²) < 4.78 is 19.6. The van der Waals surface area contributed by atoms with Crippen LogP contribution in [-0.2, 0) is 11.8 Å². The van der Waals surface area contributed by atoms with Crippen LogP contribution in [0.15, 0.2) is 18.5 Å². The van der Waals surface area contributed by atoms with E-state index in [2.05, 4.69) is 9.72 Å². The van der Waals surface area contributed by atoms with Crippen LogP contribution in [0.2, 0.25) is 0 Å². The molecule has 1 aromatic carbocycles. The van der Waals surface area contributed by atoms with Gasteiger partial charge in [-0.2, -0.15) is 0 Å². The molecule has 0 aliphatic rings. The second-order valence-corrected chi connectivity index (χ2v) is 3.17. The van der Waals surface area contributed by atoms with Gasteiger partial charge in [0.1, 0.15) is 11.3 Å². The van der Waals surface area contributed by atoms with E-state index in [9.17, 15) is 9.18 Å². The SMILES string of the molecule is COC(=O)c1cc(F)c2c(c1)ncn2C. The highest BCUT2D eigenvalue weighted by Crippen LogP contribution is 2.18. The van der Waals surface area contributed by atoms with E-state index in [1.54, 1.807) is 11.6 Å². The lowest BCUT2D eigenvalue weighted by atomic mass is 10.2. The number of benzene rings is 1. The predicted octanol–water partition coefficient (Wildman–Crippen LogP) is 1.50. The molecule has 0 aliphatic heterocycles. The van der Waals surface area contributed by atoms with Crippen LogP contribution in [-0.4, -0.2) is 22.6 Å². The first-order valence-corrected chi connectivity index (χ1v) is 4.32. The molecule has 15 heavy (non-hydrogen) atoms. The molecule has 0 saturated carbocycles. The van der Waals surface area contributed by atoms with Gasteiger partial charge in [0.15, 0.2) is 0 Å². The van der Waals surface area contributed by atoms with Crippen LogP contribution in [0.1, 0.15) is 10.4 Å². The number of aryl methyl sites for hydroxylation is 1. The van der Waals surface area contributed by atoms with Gasteiger partial charge in [0.05, 0.1) is 24.5 Å². The number of nitrogens with zero attached hydrogens (tertiary/aromatic N) is 2. The zero-order valence-corrected chi connectivity index (χ0v) is 8.32. The highest BCUT2D eigenvalue weighted by Gasteiger charge is 2.13. The number of esters is 1. The number of ether oxygens (including phenoxy) is 1. The van der Waals surface area contributed by atoms with Gasteiger partial charge in [0.2, 0.25) is 0 Å². The summed E-state index contributed by atoms with van der Waals surface area (Å²) >= 11 is 0. The third-order valence-corrected chi connectivity index (χ3v) is 2.19. The van der Waals surface area contributed by atoms with Crippen LogP contribution >= 0.6 is 0 Å². The van der Waals surface area contributed by atoms with E-state index < -0.39 is 11.8 Å². The lowest BCUT2D eigenvalue weighted by molar-refractivity contribution is 0.0600. The Morgan fingerprint density at radius 2 is 2.27 bits per heavy atom. The molecule has 0 aliphatic carbocycles. The van der Waals surface area contributed by atoms with E-state index in [0.717, 1.165) is 6.07 Å². The van der Waals surface area contributed by atoms with Gasteiger partial charge in [-0.3, -0.25) is 0 Å². The highest BCUT2D eigenvalue weighted by atomic mass is 19.1. The molecule has 2 rings (SSSR count). The third-order valence-electron chi connectivity index (χ3n) is 2.19. The predicted molar refractivity (Wildman–Crippen MR) is 52.0 cm³/mol. The van der Waals surface area contributed by atoms with Crippen LogP contribution in [0, 0.1) is 5.82 Å². The molecule has 0 fully saturated rings. The minimum absolute atomic E-state index is 0.168. The molecule has 0 N–H and O–H groups in total. The van der Waals surface area contributed by atoms with Crippen molar-refractivity contribution < 1.29 is 13.9 Å². The number of fused-ring (bicyclic) bond motifs is 1. The van der Waals surface area contributed by atoms with Gasteiger partial charge in [-0.15, -0.1) is 0 Å². The van der Waals surface area contributed by atoms with E-state index >= 15 is 0 Å². The molecule has 4 nitrogen and oxygen atoms in total. The van der Waals surface area contributed by atoms with Crippen molar-refractivity contribution in [3.05, 3.63) is 29.8 Å². The molecule has 5 heteroatoms. The zero-order chi connectivity index (χ0) is 11.0. The van der Waals surface area contributed by atoms with Gasteiger partial charge >= 0.3 is 5.97 Å². The van der Waals surface area contributed by atoms with Crippen molar-refractivity contribution in [2.75, 3.05) is 7.11 Å². The van der Waals surface area contributed by atoms with E-state index in [0.29, 0.717) is 11.0 Å². The van der Waals surface area contributed by atoms with Crippen LogP contribution in [0.5, 0.6) is 0 Å². The molecule has 78 valence electrons. The van der Waals surface area contributed by atoms with Crippen molar-refractivity contribution in [3.63, 3.8) is 0 Å². The monoisotopic (exact) mass is 208 g/mol. The second kappa shape index (κ2) is 3.34. The lowest BCUT2D eigenvalue weighted by Crippen LogP contribution is -2.02. The van der Waals surface area contributed by atoms with E-state index in [-0.39, 0.29) is 5.56 Å². The van der Waals surface area contributed by atoms with Crippen molar-refractivity contribution in [3.8, 4) is 0 Å². The number of carbonyl (C=O) groups excluding carboxylic acids is 1. The summed E-state index contributed by atoms with van der Waals surface area (Å²) in [5.74, 6) is -1.05. The fourth-order valence-electron chi connectivity index (χ4n) is 1.47. The molecule has 2 aromatic rings. The molecular weight excluding hydrogens is 199 g/mol.